The third-order valence-corrected chi connectivity index (χ3v) is 11.6. The van der Waals surface area contributed by atoms with Crippen LogP contribution in [0.5, 0.6) is 0 Å². The van der Waals surface area contributed by atoms with E-state index in [4.69, 9.17) is 9.72 Å². The van der Waals surface area contributed by atoms with E-state index in [1.54, 1.807) is 48.2 Å². The van der Waals surface area contributed by atoms with Gasteiger partial charge in [0.1, 0.15) is 11.6 Å². The number of pyridine rings is 1. The zero-order valence-electron chi connectivity index (χ0n) is 29.1. The molecule has 11 heteroatoms. The molecule has 1 unspecified atom stereocenters. The number of amides is 2. The van der Waals surface area contributed by atoms with Crippen LogP contribution in [0.1, 0.15) is 62.2 Å². The number of para-hydroxylation sites is 1. The topological polar surface area (TPSA) is 107 Å². The lowest BCUT2D eigenvalue weighted by Crippen LogP contribution is -2.59. The summed E-state index contributed by atoms with van der Waals surface area (Å²) in [6, 6.07) is 25.2. The molecule has 0 aliphatic carbocycles. The number of fused-ring (bicyclic) bond motifs is 3. The lowest BCUT2D eigenvalue weighted by molar-refractivity contribution is -0.000518. The highest BCUT2D eigenvalue weighted by molar-refractivity contribution is 7.19. The van der Waals surface area contributed by atoms with Crippen LogP contribution in [-0.4, -0.2) is 54.8 Å². The molecule has 8 rings (SSSR count). The standard InChI is InChI=1S/C41H40FN5O4S/c1-25-6-5-8-32(42)35(25)39(49)45-34-22-28-16-19-47(33-9-4-3-7-30(33)36(28)52-34)40(50)27-11-13-29(14-12-27)44-38(48)31-15-10-26(2)43-37(31)46-23-41(24-46)17-20-51-21-18-41/h3-15,22,39,45,49H,16-21,23-24H2,1-2H3,(H,44,48). The van der Waals surface area contributed by atoms with Gasteiger partial charge in [-0.2, -0.15) is 0 Å². The summed E-state index contributed by atoms with van der Waals surface area (Å²) in [5.74, 6) is -0.146. The van der Waals surface area contributed by atoms with Gasteiger partial charge in [0.15, 0.2) is 6.23 Å². The average molecular weight is 718 g/mol. The van der Waals surface area contributed by atoms with Gasteiger partial charge in [0.25, 0.3) is 11.8 Å². The Balaban J connectivity index is 0.969. The van der Waals surface area contributed by atoms with E-state index in [1.165, 1.54) is 17.4 Å². The Morgan fingerprint density at radius 2 is 1.75 bits per heavy atom. The van der Waals surface area contributed by atoms with Crippen LogP contribution in [-0.2, 0) is 11.2 Å². The second-order valence-electron chi connectivity index (χ2n) is 14.0. The van der Waals surface area contributed by atoms with Crippen molar-refractivity contribution in [1.29, 1.82) is 0 Å². The third-order valence-electron chi connectivity index (χ3n) is 10.5. The van der Waals surface area contributed by atoms with E-state index in [1.807, 2.05) is 49.4 Å². The molecule has 0 radical (unpaired) electrons. The van der Waals surface area contributed by atoms with Crippen molar-refractivity contribution in [1.82, 2.24) is 4.98 Å². The highest BCUT2D eigenvalue weighted by Gasteiger charge is 2.45. The molecule has 3 aliphatic heterocycles. The van der Waals surface area contributed by atoms with Gasteiger partial charge < -0.3 is 30.3 Å². The lowest BCUT2D eigenvalue weighted by Gasteiger charge is -2.53. The van der Waals surface area contributed by atoms with Crippen molar-refractivity contribution in [3.8, 4) is 10.4 Å². The van der Waals surface area contributed by atoms with Crippen molar-refractivity contribution >= 4 is 45.3 Å². The lowest BCUT2D eigenvalue weighted by atomic mass is 9.73. The molecule has 2 fully saturated rings. The fourth-order valence-corrected chi connectivity index (χ4v) is 8.79. The monoisotopic (exact) mass is 717 g/mol. The summed E-state index contributed by atoms with van der Waals surface area (Å²) in [4.78, 5) is 37.3. The van der Waals surface area contributed by atoms with Gasteiger partial charge in [0.05, 0.1) is 16.3 Å². The second kappa shape index (κ2) is 13.8. The van der Waals surface area contributed by atoms with E-state index in [0.29, 0.717) is 46.2 Å². The molecule has 5 aromatic rings. The van der Waals surface area contributed by atoms with Crippen LogP contribution >= 0.6 is 11.3 Å². The fourth-order valence-electron chi connectivity index (χ4n) is 7.62. The molecule has 1 atom stereocenters. The van der Waals surface area contributed by atoms with E-state index < -0.39 is 12.0 Å². The zero-order chi connectivity index (χ0) is 36.0. The van der Waals surface area contributed by atoms with Crippen molar-refractivity contribution in [2.45, 2.75) is 39.3 Å². The number of carbonyl (C=O) groups is 2. The van der Waals surface area contributed by atoms with Crippen molar-refractivity contribution in [3.63, 3.8) is 0 Å². The number of halogens is 1. The average Bonchev–Trinajstić information content (AvgIpc) is 3.46. The summed E-state index contributed by atoms with van der Waals surface area (Å²) < 4.78 is 20.1. The number of benzene rings is 3. The molecule has 9 nitrogen and oxygen atoms in total. The van der Waals surface area contributed by atoms with Gasteiger partial charge in [-0.15, -0.1) is 11.3 Å². The van der Waals surface area contributed by atoms with Gasteiger partial charge in [-0.05, 0) is 98.8 Å². The maximum Gasteiger partial charge on any atom is 0.259 e. The van der Waals surface area contributed by atoms with Crippen LogP contribution in [0, 0.1) is 25.1 Å². The van der Waals surface area contributed by atoms with Gasteiger partial charge in [0, 0.05) is 71.2 Å². The first kappa shape index (κ1) is 34.0. The summed E-state index contributed by atoms with van der Waals surface area (Å²) in [7, 11) is 0. The maximum atomic E-state index is 14.5. The first-order chi connectivity index (χ1) is 25.2. The predicted molar refractivity (Wildman–Crippen MR) is 203 cm³/mol. The smallest absolute Gasteiger partial charge is 0.259 e. The number of hydrogen-bond donors (Lipinski definition) is 3. The number of aliphatic hydroxyl groups excluding tert-OH is 1. The number of aliphatic hydroxyl groups is 1. The number of aryl methyl sites for hydroxylation is 2. The van der Waals surface area contributed by atoms with Crippen molar-refractivity contribution < 1.29 is 23.8 Å². The van der Waals surface area contributed by atoms with E-state index >= 15 is 0 Å². The molecule has 3 aromatic carbocycles. The number of aromatic nitrogens is 1. The Morgan fingerprint density at radius 1 is 0.981 bits per heavy atom. The first-order valence-corrected chi connectivity index (χ1v) is 18.5. The molecule has 2 amide bonds. The minimum absolute atomic E-state index is 0.144. The maximum absolute atomic E-state index is 14.5. The van der Waals surface area contributed by atoms with E-state index in [-0.39, 0.29) is 22.8 Å². The molecular weight excluding hydrogens is 678 g/mol. The number of hydrogen-bond acceptors (Lipinski definition) is 8. The largest absolute Gasteiger partial charge is 0.381 e. The van der Waals surface area contributed by atoms with Gasteiger partial charge in [-0.25, -0.2) is 9.37 Å². The summed E-state index contributed by atoms with van der Waals surface area (Å²) in [5.41, 5.74) is 6.34. The Hall–Kier alpha value is -5.10. The second-order valence-corrected chi connectivity index (χ2v) is 15.1. The summed E-state index contributed by atoms with van der Waals surface area (Å²) in [6.07, 6.45) is 1.45. The number of carbonyl (C=O) groups excluding carboxylic acids is 2. The number of rotatable bonds is 7. The minimum atomic E-state index is -1.20. The van der Waals surface area contributed by atoms with Crippen molar-refractivity contribution in [2.24, 2.45) is 5.41 Å². The van der Waals surface area contributed by atoms with Gasteiger partial charge in [0.2, 0.25) is 0 Å². The van der Waals surface area contributed by atoms with Crippen molar-refractivity contribution in [2.75, 3.05) is 53.3 Å². The summed E-state index contributed by atoms with van der Waals surface area (Å²) in [6.45, 7) is 7.45. The number of anilines is 4. The molecule has 1 spiro atoms. The van der Waals surface area contributed by atoms with E-state index in [9.17, 15) is 19.1 Å². The number of nitrogens with zero attached hydrogens (tertiary/aromatic N) is 3. The molecule has 2 saturated heterocycles. The number of ether oxygens (including phenoxy) is 1. The van der Waals surface area contributed by atoms with Crippen LogP contribution in [0.3, 0.4) is 0 Å². The number of thiophene rings is 1. The Bertz CT molecular complexity index is 2130. The number of nitrogens with one attached hydrogen (secondary N) is 2. The van der Waals surface area contributed by atoms with E-state index in [2.05, 4.69) is 15.5 Å². The molecule has 266 valence electrons. The minimum Gasteiger partial charge on any atom is -0.381 e. The van der Waals surface area contributed by atoms with Crippen LogP contribution in [0.2, 0.25) is 0 Å². The van der Waals surface area contributed by atoms with E-state index in [0.717, 1.165) is 66.5 Å². The molecule has 52 heavy (non-hydrogen) atoms. The van der Waals surface area contributed by atoms with Crippen LogP contribution in [0.4, 0.5) is 26.6 Å². The molecule has 2 aromatic heterocycles. The van der Waals surface area contributed by atoms with Gasteiger partial charge >= 0.3 is 0 Å². The highest BCUT2D eigenvalue weighted by atomic mass is 32.1. The molecule has 0 bridgehead atoms. The third kappa shape index (κ3) is 6.44. The summed E-state index contributed by atoms with van der Waals surface area (Å²) in [5, 5.41) is 17.7. The highest BCUT2D eigenvalue weighted by Crippen LogP contribution is 2.45. The van der Waals surface area contributed by atoms with Crippen LogP contribution < -0.4 is 20.4 Å². The molecule has 0 saturated carbocycles. The van der Waals surface area contributed by atoms with Crippen molar-refractivity contribution in [3.05, 3.63) is 124 Å². The first-order valence-electron chi connectivity index (χ1n) is 17.6. The zero-order valence-corrected chi connectivity index (χ0v) is 29.9. The SMILES string of the molecule is Cc1ccc(C(=O)Nc2ccc(C(=O)N3CCc4cc(NC(O)c5c(C)cccc5F)sc4-c4ccccc43)cc2)c(N2CC3(CCOCC3)C2)n1. The van der Waals surface area contributed by atoms with Gasteiger partial charge in [-0.3, -0.25) is 9.59 Å². The summed E-state index contributed by atoms with van der Waals surface area (Å²) >= 11 is 1.47. The van der Waals surface area contributed by atoms with Gasteiger partial charge in [-0.1, -0.05) is 30.3 Å². The Kier molecular flexibility index (Phi) is 9.02. The molecule has 5 heterocycles. The predicted octanol–water partition coefficient (Wildman–Crippen LogP) is 7.74. The fraction of sp³-hybridized carbons (Fsp3) is 0.293. The van der Waals surface area contributed by atoms with Crippen LogP contribution in [0.25, 0.3) is 10.4 Å². The Morgan fingerprint density at radius 3 is 2.52 bits per heavy atom. The normalized spacial score (nSPS) is 16.7. The Labute approximate surface area is 306 Å². The quantitative estimate of drug-likeness (QED) is 0.148. The van der Waals surface area contributed by atoms with Crippen LogP contribution in [0.15, 0.2) is 84.9 Å². The molecule has 3 aliphatic rings. The molecule has 3 N–H and O–H groups in total. The molecular formula is C41H40FN5O4S.